The molecular weight excluding hydrogens is 526 g/mol. The highest BCUT2D eigenvalue weighted by atomic mass is 32.2. The van der Waals surface area contributed by atoms with Gasteiger partial charge in [-0.15, -0.1) is 11.8 Å². The fourth-order valence-electron chi connectivity index (χ4n) is 3.22. The molecule has 2 amide bonds. The van der Waals surface area contributed by atoms with E-state index in [1.54, 1.807) is 23.7 Å². The number of carboxylic acid groups (broad SMARTS) is 1. The van der Waals surface area contributed by atoms with Crippen molar-refractivity contribution >= 4 is 69.8 Å². The van der Waals surface area contributed by atoms with Crippen molar-refractivity contribution in [2.75, 3.05) is 18.1 Å². The second-order valence-corrected chi connectivity index (χ2v) is 9.98. The molecule has 36 heavy (non-hydrogen) atoms. The summed E-state index contributed by atoms with van der Waals surface area (Å²) in [7, 11) is 0. The molecular formula is C21H19N7O5S3. The van der Waals surface area contributed by atoms with Gasteiger partial charge in [-0.3, -0.25) is 19.5 Å². The number of pyridine rings is 1. The molecule has 4 heterocycles. The number of carboxylic acids is 1. The van der Waals surface area contributed by atoms with Crippen LogP contribution in [-0.4, -0.2) is 71.6 Å². The maximum atomic E-state index is 12.9. The van der Waals surface area contributed by atoms with Gasteiger partial charge in [0, 0.05) is 28.4 Å². The van der Waals surface area contributed by atoms with Crippen molar-refractivity contribution in [1.29, 1.82) is 0 Å². The number of nitrogen functional groups attached to an aromatic ring is 1. The number of rotatable bonds is 10. The summed E-state index contributed by atoms with van der Waals surface area (Å²) in [4.78, 5) is 52.8. The summed E-state index contributed by atoms with van der Waals surface area (Å²) >= 11 is 3.42. The first-order chi connectivity index (χ1) is 17.4. The van der Waals surface area contributed by atoms with Gasteiger partial charge in [0.15, 0.2) is 5.13 Å². The Hall–Kier alpha value is -3.69. The van der Waals surface area contributed by atoms with Crippen LogP contribution in [-0.2, 0) is 19.2 Å². The van der Waals surface area contributed by atoms with E-state index in [1.807, 2.05) is 12.1 Å². The molecule has 0 saturated carbocycles. The van der Waals surface area contributed by atoms with Gasteiger partial charge >= 0.3 is 5.97 Å². The number of β-lactam (4-membered cyclic amide) rings is 1. The number of thioether (sulfide) groups is 2. The number of carbonyl (C=O) groups excluding carboxylic acids is 2. The number of anilines is 1. The number of amides is 2. The number of nitrogens with one attached hydrogen (secondary N) is 1. The van der Waals surface area contributed by atoms with Crippen molar-refractivity contribution < 1.29 is 24.3 Å². The average Bonchev–Trinajstić information content (AvgIpc) is 3.30. The standard InChI is InChI=1S/C21H19N7O5S3/c1-2-8-33-26-13(16-25-21(22)36-27-16)17(29)24-14-18(30)28-15(20(31)32)12(10-35-19(14)28)34-9-6-11-5-3-4-7-23-11/h2-7,9,14,19H,1,8,10H2,(H,24,29)(H,31,32)(H2,22,25,27)/b9-6-,26-13-/t14?,19-/m1/s1. The molecule has 12 nitrogen and oxygen atoms in total. The molecule has 0 radical (unpaired) electrons. The van der Waals surface area contributed by atoms with Gasteiger partial charge in [-0.2, -0.15) is 9.36 Å². The third-order valence-electron chi connectivity index (χ3n) is 4.78. The van der Waals surface area contributed by atoms with Gasteiger partial charge in [0.05, 0.1) is 5.69 Å². The molecule has 2 atom stereocenters. The van der Waals surface area contributed by atoms with E-state index in [9.17, 15) is 19.5 Å². The SMILES string of the molecule is C=CCO/N=C(\C(=O)NC1C(=O)N2C(C(=O)O)=C(S/C=C\c3ccccn3)CS[C@H]12)c1nsc(N)n1. The number of nitrogens with zero attached hydrogens (tertiary/aromatic N) is 5. The number of aromatic nitrogens is 3. The van der Waals surface area contributed by atoms with Gasteiger partial charge in [-0.1, -0.05) is 35.6 Å². The molecule has 1 unspecified atom stereocenters. The molecule has 4 N–H and O–H groups in total. The number of carbonyl (C=O) groups is 3. The van der Waals surface area contributed by atoms with Crippen molar-refractivity contribution in [3.63, 3.8) is 0 Å². The van der Waals surface area contributed by atoms with Crippen molar-refractivity contribution in [2.45, 2.75) is 11.4 Å². The summed E-state index contributed by atoms with van der Waals surface area (Å²) in [6.07, 6.45) is 4.85. The summed E-state index contributed by atoms with van der Waals surface area (Å²) in [5, 5.41) is 17.4. The lowest BCUT2D eigenvalue weighted by Crippen LogP contribution is -2.71. The van der Waals surface area contributed by atoms with E-state index in [2.05, 4.69) is 31.4 Å². The van der Waals surface area contributed by atoms with Crippen LogP contribution in [0.2, 0.25) is 0 Å². The Balaban J connectivity index is 1.49. The predicted octanol–water partition coefficient (Wildman–Crippen LogP) is 1.52. The zero-order valence-corrected chi connectivity index (χ0v) is 20.9. The second-order valence-electron chi connectivity index (χ2n) is 7.09. The van der Waals surface area contributed by atoms with Crippen molar-refractivity contribution in [2.24, 2.45) is 5.16 Å². The van der Waals surface area contributed by atoms with Crippen LogP contribution < -0.4 is 11.1 Å². The highest BCUT2D eigenvalue weighted by Crippen LogP contribution is 2.43. The first-order valence-corrected chi connectivity index (χ1v) is 13.0. The lowest BCUT2D eigenvalue weighted by Gasteiger charge is -2.49. The molecule has 2 aliphatic rings. The smallest absolute Gasteiger partial charge is 0.353 e. The summed E-state index contributed by atoms with van der Waals surface area (Å²) in [5.74, 6) is -2.25. The molecule has 2 aliphatic heterocycles. The van der Waals surface area contributed by atoms with Crippen LogP contribution in [0.1, 0.15) is 11.5 Å². The van der Waals surface area contributed by atoms with Gasteiger partial charge < -0.3 is 21.0 Å². The summed E-state index contributed by atoms with van der Waals surface area (Å²) in [5.41, 5.74) is 5.96. The average molecular weight is 546 g/mol. The molecule has 2 aromatic heterocycles. The van der Waals surface area contributed by atoms with Gasteiger partial charge in [0.2, 0.25) is 11.5 Å². The molecule has 0 aromatic carbocycles. The number of fused-ring (bicyclic) bond motifs is 1. The van der Waals surface area contributed by atoms with Gasteiger partial charge in [-0.05, 0) is 23.6 Å². The molecule has 0 spiro atoms. The summed E-state index contributed by atoms with van der Waals surface area (Å²) < 4.78 is 3.97. The summed E-state index contributed by atoms with van der Waals surface area (Å²) in [6.45, 7) is 3.54. The van der Waals surface area contributed by atoms with Gasteiger partial charge in [0.25, 0.3) is 11.8 Å². The monoisotopic (exact) mass is 545 g/mol. The molecule has 1 fully saturated rings. The minimum atomic E-state index is -1.23. The molecule has 0 aliphatic carbocycles. The Morgan fingerprint density at radius 3 is 2.94 bits per heavy atom. The van der Waals surface area contributed by atoms with E-state index in [-0.39, 0.29) is 29.0 Å². The molecule has 4 rings (SSSR count). The Morgan fingerprint density at radius 2 is 2.28 bits per heavy atom. The third kappa shape index (κ3) is 5.42. The first-order valence-electron chi connectivity index (χ1n) is 10.3. The van der Waals surface area contributed by atoms with Crippen molar-refractivity contribution in [3.05, 3.63) is 64.6 Å². The van der Waals surface area contributed by atoms with E-state index in [1.165, 1.54) is 34.5 Å². The predicted molar refractivity (Wildman–Crippen MR) is 138 cm³/mol. The lowest BCUT2D eigenvalue weighted by atomic mass is 10.0. The Morgan fingerprint density at radius 1 is 1.44 bits per heavy atom. The van der Waals surface area contributed by atoms with Crippen LogP contribution in [0.3, 0.4) is 0 Å². The van der Waals surface area contributed by atoms with E-state index in [0.717, 1.165) is 17.2 Å². The van der Waals surface area contributed by atoms with Crippen molar-refractivity contribution in [1.82, 2.24) is 24.6 Å². The number of aliphatic carboxylic acids is 1. The number of oxime groups is 1. The Labute approximate surface area is 217 Å². The minimum absolute atomic E-state index is 0.0347. The maximum Gasteiger partial charge on any atom is 0.353 e. The zero-order valence-electron chi connectivity index (χ0n) is 18.4. The van der Waals surface area contributed by atoms with Crippen LogP contribution >= 0.6 is 35.1 Å². The fourth-order valence-corrected chi connectivity index (χ4v) is 6.00. The Bertz CT molecular complexity index is 1280. The lowest BCUT2D eigenvalue weighted by molar-refractivity contribution is -0.150. The normalized spacial score (nSPS) is 19.6. The molecule has 15 heteroatoms. The van der Waals surface area contributed by atoms with Gasteiger partial charge in [-0.25, -0.2) is 4.79 Å². The van der Waals surface area contributed by atoms with Crippen LogP contribution in [0.25, 0.3) is 6.08 Å². The molecule has 186 valence electrons. The topological polar surface area (TPSA) is 173 Å². The van der Waals surface area contributed by atoms with E-state index in [0.29, 0.717) is 10.7 Å². The summed E-state index contributed by atoms with van der Waals surface area (Å²) in [6, 6.07) is 4.49. The third-order valence-corrected chi connectivity index (χ3v) is 7.68. The van der Waals surface area contributed by atoms with Crippen LogP contribution in [0, 0.1) is 0 Å². The van der Waals surface area contributed by atoms with E-state index >= 15 is 0 Å². The fraction of sp³-hybridized carbons (Fsp3) is 0.190. The molecule has 1 saturated heterocycles. The van der Waals surface area contributed by atoms with Gasteiger partial charge in [0.1, 0.15) is 23.7 Å². The minimum Gasteiger partial charge on any atom is -0.477 e. The number of nitrogens with two attached hydrogens (primary N) is 1. The van der Waals surface area contributed by atoms with Crippen LogP contribution in [0.4, 0.5) is 5.13 Å². The quantitative estimate of drug-likeness (QED) is 0.130. The largest absolute Gasteiger partial charge is 0.477 e. The van der Waals surface area contributed by atoms with Crippen LogP contribution in [0.5, 0.6) is 0 Å². The van der Waals surface area contributed by atoms with E-state index in [4.69, 9.17) is 10.6 Å². The number of hydrogen-bond donors (Lipinski definition) is 3. The zero-order chi connectivity index (χ0) is 25.7. The maximum absolute atomic E-state index is 12.9. The Kier molecular flexibility index (Phi) is 8.02. The van der Waals surface area contributed by atoms with E-state index < -0.39 is 29.2 Å². The molecule has 0 bridgehead atoms. The van der Waals surface area contributed by atoms with Crippen LogP contribution in [0.15, 0.2) is 58.2 Å². The second kappa shape index (κ2) is 11.4. The highest BCUT2D eigenvalue weighted by molar-refractivity contribution is 8.08. The highest BCUT2D eigenvalue weighted by Gasteiger charge is 2.54. The first kappa shape index (κ1) is 25.4. The van der Waals surface area contributed by atoms with Crippen molar-refractivity contribution in [3.8, 4) is 0 Å². The number of hydrogen-bond acceptors (Lipinski definition) is 12. The molecule has 2 aromatic rings.